The minimum atomic E-state index is -0.693. The first-order valence-corrected chi connectivity index (χ1v) is 10.0. The Bertz CT molecular complexity index is 206. The monoisotopic (exact) mass is 329 g/mol. The van der Waals surface area contributed by atoms with Gasteiger partial charge in [-0.15, -0.1) is 0 Å². The van der Waals surface area contributed by atoms with Crippen LogP contribution in [0.3, 0.4) is 0 Å². The predicted octanol–water partition coefficient (Wildman–Crippen LogP) is 6.17. The molecule has 0 aliphatic heterocycles. The summed E-state index contributed by atoms with van der Waals surface area (Å²) in [5.74, 6) is -0.693. The third kappa shape index (κ3) is 30.0. The van der Waals surface area contributed by atoms with E-state index in [0.29, 0.717) is 6.42 Å². The first kappa shape index (κ1) is 24.7. The molecule has 0 radical (unpaired) electrons. The van der Waals surface area contributed by atoms with Crippen LogP contribution in [0.4, 0.5) is 0 Å². The summed E-state index contributed by atoms with van der Waals surface area (Å²) in [5, 5.41) is 11.2. The van der Waals surface area contributed by atoms with Gasteiger partial charge >= 0.3 is 5.97 Å². The lowest BCUT2D eigenvalue weighted by Gasteiger charge is -2.02. The van der Waals surface area contributed by atoms with Gasteiger partial charge in [-0.1, -0.05) is 90.9 Å². The van der Waals surface area contributed by atoms with Gasteiger partial charge in [0.15, 0.2) is 0 Å². The molecule has 0 aromatic rings. The van der Waals surface area contributed by atoms with Crippen LogP contribution in [0.15, 0.2) is 0 Å². The third-order valence-corrected chi connectivity index (χ3v) is 4.02. The Hall–Kier alpha value is -0.570. The molecule has 0 bridgehead atoms. The molecule has 0 atom stereocenters. The maximum absolute atomic E-state index is 9.76. The van der Waals surface area contributed by atoms with Crippen LogP contribution in [0, 0.1) is 0 Å². The molecule has 0 aliphatic rings. The van der Waals surface area contributed by atoms with Crippen molar-refractivity contribution in [2.45, 2.75) is 110 Å². The number of carboxylic acids is 1. The van der Waals surface area contributed by atoms with Crippen molar-refractivity contribution < 1.29 is 9.90 Å². The van der Waals surface area contributed by atoms with Crippen molar-refractivity contribution in [3.05, 3.63) is 0 Å². The molecule has 0 heterocycles. The fourth-order valence-corrected chi connectivity index (χ4v) is 2.47. The van der Waals surface area contributed by atoms with Gasteiger partial charge < -0.3 is 10.4 Å². The molecule has 3 nitrogen and oxygen atoms in total. The summed E-state index contributed by atoms with van der Waals surface area (Å²) >= 11 is 0. The van der Waals surface area contributed by atoms with Gasteiger partial charge in [0, 0.05) is 6.42 Å². The number of hydrogen-bond acceptors (Lipinski definition) is 2. The van der Waals surface area contributed by atoms with E-state index in [9.17, 15) is 4.79 Å². The van der Waals surface area contributed by atoms with E-state index in [1.165, 1.54) is 83.6 Å². The first-order chi connectivity index (χ1) is 11.2. The Balaban J connectivity index is 0. The second kappa shape index (κ2) is 23.7. The summed E-state index contributed by atoms with van der Waals surface area (Å²) in [6.45, 7) is 5.45. The quantitative estimate of drug-likeness (QED) is 0.333. The molecular weight excluding hydrogens is 286 g/mol. The number of unbranched alkanes of at least 4 members (excludes halogenated alkanes) is 12. The Morgan fingerprint density at radius 1 is 0.696 bits per heavy atom. The maximum atomic E-state index is 9.76. The van der Waals surface area contributed by atoms with Crippen molar-refractivity contribution >= 4 is 5.97 Å². The Labute approximate surface area is 145 Å². The topological polar surface area (TPSA) is 49.3 Å². The molecule has 0 unspecified atom stereocenters. The molecule has 0 aliphatic carbocycles. The average Bonchev–Trinajstić information content (AvgIpc) is 2.54. The Morgan fingerprint density at radius 2 is 1.09 bits per heavy atom. The average molecular weight is 330 g/mol. The van der Waals surface area contributed by atoms with Crippen LogP contribution >= 0.6 is 0 Å². The van der Waals surface area contributed by atoms with Gasteiger partial charge in [-0.2, -0.15) is 0 Å². The SMILES string of the molecule is CCCCC(=O)O.CCCCCCCCCCCCCCNC. The molecule has 0 fully saturated rings. The largest absolute Gasteiger partial charge is 0.481 e. The summed E-state index contributed by atoms with van der Waals surface area (Å²) in [4.78, 5) is 9.76. The van der Waals surface area contributed by atoms with Crippen molar-refractivity contribution in [2.24, 2.45) is 0 Å². The van der Waals surface area contributed by atoms with Crippen molar-refractivity contribution in [1.82, 2.24) is 5.32 Å². The summed E-state index contributed by atoms with van der Waals surface area (Å²) in [7, 11) is 2.04. The predicted molar refractivity (Wildman–Crippen MR) is 102 cm³/mol. The number of carbonyl (C=O) groups is 1. The fraction of sp³-hybridized carbons (Fsp3) is 0.950. The van der Waals surface area contributed by atoms with Gasteiger partial charge in [0.05, 0.1) is 0 Å². The van der Waals surface area contributed by atoms with Crippen LogP contribution in [0.5, 0.6) is 0 Å². The Morgan fingerprint density at radius 3 is 1.39 bits per heavy atom. The highest BCUT2D eigenvalue weighted by atomic mass is 16.4. The zero-order valence-corrected chi connectivity index (χ0v) is 16.2. The number of hydrogen-bond donors (Lipinski definition) is 2. The fourth-order valence-electron chi connectivity index (χ4n) is 2.47. The van der Waals surface area contributed by atoms with Crippen LogP contribution in [0.25, 0.3) is 0 Å². The van der Waals surface area contributed by atoms with Crippen LogP contribution in [0.2, 0.25) is 0 Å². The first-order valence-electron chi connectivity index (χ1n) is 10.0. The van der Waals surface area contributed by atoms with E-state index in [-0.39, 0.29) is 0 Å². The maximum Gasteiger partial charge on any atom is 0.303 e. The molecule has 0 rings (SSSR count). The zero-order chi connectivity index (χ0) is 17.6. The number of nitrogens with one attached hydrogen (secondary N) is 1. The van der Waals surface area contributed by atoms with E-state index < -0.39 is 5.97 Å². The molecule has 0 saturated carbocycles. The molecule has 0 aromatic carbocycles. The van der Waals surface area contributed by atoms with E-state index in [1.54, 1.807) is 0 Å². The van der Waals surface area contributed by atoms with Crippen LogP contribution < -0.4 is 5.32 Å². The lowest BCUT2D eigenvalue weighted by atomic mass is 10.1. The summed E-state index contributed by atoms with van der Waals surface area (Å²) in [6, 6.07) is 0. The van der Waals surface area contributed by atoms with Crippen molar-refractivity contribution in [1.29, 1.82) is 0 Å². The number of rotatable bonds is 16. The van der Waals surface area contributed by atoms with Crippen molar-refractivity contribution in [3.8, 4) is 0 Å². The molecule has 23 heavy (non-hydrogen) atoms. The van der Waals surface area contributed by atoms with E-state index in [1.807, 2.05) is 14.0 Å². The summed E-state index contributed by atoms with van der Waals surface area (Å²) in [5.41, 5.74) is 0. The highest BCUT2D eigenvalue weighted by Gasteiger charge is 1.93. The molecule has 140 valence electrons. The van der Waals surface area contributed by atoms with Gasteiger partial charge in [0.2, 0.25) is 0 Å². The van der Waals surface area contributed by atoms with Gasteiger partial charge in [-0.05, 0) is 26.4 Å². The van der Waals surface area contributed by atoms with E-state index in [0.717, 1.165) is 12.8 Å². The van der Waals surface area contributed by atoms with Gasteiger partial charge in [0.1, 0.15) is 0 Å². The lowest BCUT2D eigenvalue weighted by molar-refractivity contribution is -0.137. The minimum Gasteiger partial charge on any atom is -0.481 e. The summed E-state index contributed by atoms with van der Waals surface area (Å²) in [6.07, 6.45) is 19.4. The van der Waals surface area contributed by atoms with E-state index >= 15 is 0 Å². The third-order valence-electron chi connectivity index (χ3n) is 4.02. The Kier molecular flexibility index (Phi) is 25.4. The van der Waals surface area contributed by atoms with Crippen molar-refractivity contribution in [2.75, 3.05) is 13.6 Å². The number of aliphatic carboxylic acids is 1. The number of carboxylic acid groups (broad SMARTS) is 1. The molecule has 3 heteroatoms. The molecular formula is C20H43NO2. The molecule has 0 spiro atoms. The second-order valence-corrected chi connectivity index (χ2v) is 6.49. The molecule has 0 saturated heterocycles. The van der Waals surface area contributed by atoms with Crippen LogP contribution in [0.1, 0.15) is 110 Å². The highest BCUT2D eigenvalue weighted by Crippen LogP contribution is 2.11. The van der Waals surface area contributed by atoms with E-state index in [4.69, 9.17) is 5.11 Å². The van der Waals surface area contributed by atoms with Crippen molar-refractivity contribution in [3.63, 3.8) is 0 Å². The standard InChI is InChI=1S/C15H33N.C5H10O2/c1-3-4-5-6-7-8-9-10-11-12-13-14-15-16-2;1-2-3-4-5(6)7/h16H,3-15H2,1-2H3;2-4H2,1H3,(H,6,7). The smallest absolute Gasteiger partial charge is 0.303 e. The summed E-state index contributed by atoms with van der Waals surface area (Å²) < 4.78 is 0. The van der Waals surface area contributed by atoms with Gasteiger partial charge in [-0.25, -0.2) is 0 Å². The highest BCUT2D eigenvalue weighted by molar-refractivity contribution is 5.66. The van der Waals surface area contributed by atoms with Crippen LogP contribution in [-0.2, 0) is 4.79 Å². The van der Waals surface area contributed by atoms with Gasteiger partial charge in [0.25, 0.3) is 0 Å². The van der Waals surface area contributed by atoms with Crippen LogP contribution in [-0.4, -0.2) is 24.7 Å². The normalized spacial score (nSPS) is 10.2. The minimum absolute atomic E-state index is 0.316. The van der Waals surface area contributed by atoms with Gasteiger partial charge in [-0.3, -0.25) is 4.79 Å². The zero-order valence-electron chi connectivity index (χ0n) is 16.2. The molecule has 2 N–H and O–H groups in total. The lowest BCUT2D eigenvalue weighted by Crippen LogP contribution is -2.06. The molecule has 0 aromatic heterocycles. The second-order valence-electron chi connectivity index (χ2n) is 6.49. The molecule has 0 amide bonds. The van der Waals surface area contributed by atoms with E-state index in [2.05, 4.69) is 12.2 Å².